The van der Waals surface area contributed by atoms with Gasteiger partial charge in [-0.1, -0.05) is 15.9 Å². The highest BCUT2D eigenvalue weighted by Gasteiger charge is 2.13. The molecule has 0 amide bonds. The molecule has 0 radical (unpaired) electrons. The van der Waals surface area contributed by atoms with Gasteiger partial charge in [0, 0.05) is 16.1 Å². The molecule has 0 aliphatic heterocycles. The van der Waals surface area contributed by atoms with Gasteiger partial charge >= 0.3 is 0 Å². The minimum absolute atomic E-state index is 0.0800. The Labute approximate surface area is 77.2 Å². The maximum atomic E-state index is 12.9. The summed E-state index contributed by atoms with van der Waals surface area (Å²) in [7, 11) is 0. The van der Waals surface area contributed by atoms with E-state index in [1.807, 2.05) is 0 Å². The molecule has 0 bridgehead atoms. The normalized spacial score (nSPS) is 13.1. The summed E-state index contributed by atoms with van der Waals surface area (Å²) < 4.78 is 25.7. The van der Waals surface area contributed by atoms with Gasteiger partial charge in [-0.3, -0.25) is 0 Å². The molecule has 1 nitrogen and oxygen atoms in total. The Bertz CT molecular complexity index is 276. The molecule has 1 atom stereocenters. The minimum atomic E-state index is -0.944. The van der Waals surface area contributed by atoms with Crippen LogP contribution in [0.3, 0.4) is 0 Å². The van der Waals surface area contributed by atoms with Crippen molar-refractivity contribution in [2.24, 2.45) is 0 Å². The first-order valence-corrected chi connectivity index (χ1v) is 4.14. The van der Waals surface area contributed by atoms with Gasteiger partial charge in [-0.05, 0) is 13.0 Å². The summed E-state index contributed by atoms with van der Waals surface area (Å²) >= 11 is 2.96. The highest BCUT2D eigenvalue weighted by molar-refractivity contribution is 9.10. The molecule has 0 aliphatic rings. The van der Waals surface area contributed by atoms with E-state index in [9.17, 15) is 8.78 Å². The molecule has 0 spiro atoms. The number of halogens is 3. The van der Waals surface area contributed by atoms with Gasteiger partial charge in [-0.2, -0.15) is 0 Å². The average Bonchev–Trinajstić information content (AvgIpc) is 1.82. The van der Waals surface area contributed by atoms with E-state index in [1.54, 1.807) is 0 Å². The number of hydrogen-bond donors (Lipinski definition) is 1. The van der Waals surface area contributed by atoms with Gasteiger partial charge < -0.3 is 5.11 Å². The first-order chi connectivity index (χ1) is 5.52. The Kier molecular flexibility index (Phi) is 2.80. The quantitative estimate of drug-likeness (QED) is 0.796. The van der Waals surface area contributed by atoms with Crippen LogP contribution in [0.25, 0.3) is 0 Å². The molecule has 0 aromatic heterocycles. The lowest BCUT2D eigenvalue weighted by atomic mass is 10.1. The van der Waals surface area contributed by atoms with Crippen LogP contribution in [0.4, 0.5) is 8.78 Å². The van der Waals surface area contributed by atoms with E-state index < -0.39 is 17.7 Å². The predicted molar refractivity (Wildman–Crippen MR) is 44.7 cm³/mol. The van der Waals surface area contributed by atoms with Gasteiger partial charge in [0.1, 0.15) is 11.6 Å². The fraction of sp³-hybridized carbons (Fsp3) is 0.250. The van der Waals surface area contributed by atoms with Crippen LogP contribution in [-0.4, -0.2) is 5.11 Å². The van der Waals surface area contributed by atoms with Gasteiger partial charge in [0.15, 0.2) is 0 Å². The number of rotatable bonds is 1. The zero-order chi connectivity index (χ0) is 9.30. The van der Waals surface area contributed by atoms with Crippen LogP contribution in [0, 0.1) is 11.6 Å². The number of hydrogen-bond acceptors (Lipinski definition) is 1. The Morgan fingerprint density at radius 1 is 1.42 bits per heavy atom. The van der Waals surface area contributed by atoms with Crippen LogP contribution < -0.4 is 0 Å². The van der Waals surface area contributed by atoms with Gasteiger partial charge in [0.25, 0.3) is 0 Å². The SMILES string of the molecule is CC(O)c1c(F)cc(F)cc1Br. The first kappa shape index (κ1) is 9.61. The summed E-state index contributed by atoms with van der Waals surface area (Å²) in [4.78, 5) is 0. The number of aliphatic hydroxyl groups is 1. The monoisotopic (exact) mass is 236 g/mol. The predicted octanol–water partition coefficient (Wildman–Crippen LogP) is 2.78. The van der Waals surface area contributed by atoms with Gasteiger partial charge in [0.05, 0.1) is 6.10 Å². The highest BCUT2D eigenvalue weighted by Crippen LogP contribution is 2.26. The summed E-state index contributed by atoms with van der Waals surface area (Å²) in [6, 6.07) is 1.86. The van der Waals surface area contributed by atoms with E-state index in [2.05, 4.69) is 15.9 Å². The summed E-state index contributed by atoms with van der Waals surface area (Å²) in [5, 5.41) is 9.08. The summed E-state index contributed by atoms with van der Waals surface area (Å²) in [5.74, 6) is -1.40. The van der Waals surface area contributed by atoms with E-state index in [-0.39, 0.29) is 10.0 Å². The molecule has 12 heavy (non-hydrogen) atoms. The molecular weight excluding hydrogens is 230 g/mol. The van der Waals surface area contributed by atoms with Crippen LogP contribution in [-0.2, 0) is 0 Å². The lowest BCUT2D eigenvalue weighted by Gasteiger charge is -2.08. The highest BCUT2D eigenvalue weighted by atomic mass is 79.9. The lowest BCUT2D eigenvalue weighted by molar-refractivity contribution is 0.193. The maximum Gasteiger partial charge on any atom is 0.133 e. The third kappa shape index (κ3) is 1.81. The first-order valence-electron chi connectivity index (χ1n) is 3.35. The van der Waals surface area contributed by atoms with Crippen molar-refractivity contribution in [1.82, 2.24) is 0 Å². The average molecular weight is 237 g/mol. The molecule has 1 aromatic rings. The molecule has 66 valence electrons. The van der Waals surface area contributed by atoms with E-state index in [0.717, 1.165) is 12.1 Å². The standard InChI is InChI=1S/C8H7BrF2O/c1-4(12)8-6(9)2-5(10)3-7(8)11/h2-4,12H,1H3. The molecule has 1 N–H and O–H groups in total. The van der Waals surface area contributed by atoms with Crippen LogP contribution in [0.2, 0.25) is 0 Å². The van der Waals surface area contributed by atoms with E-state index in [4.69, 9.17) is 5.11 Å². The second-order valence-electron chi connectivity index (χ2n) is 2.46. The zero-order valence-corrected chi connectivity index (χ0v) is 7.90. The fourth-order valence-electron chi connectivity index (χ4n) is 0.952. The topological polar surface area (TPSA) is 20.2 Å². The Hall–Kier alpha value is -0.480. The Morgan fingerprint density at radius 3 is 2.42 bits per heavy atom. The van der Waals surface area contributed by atoms with Crippen molar-refractivity contribution in [1.29, 1.82) is 0 Å². The largest absolute Gasteiger partial charge is 0.389 e. The van der Waals surface area contributed by atoms with Crippen LogP contribution in [0.15, 0.2) is 16.6 Å². The molecule has 1 aromatic carbocycles. The van der Waals surface area contributed by atoms with Crippen molar-refractivity contribution >= 4 is 15.9 Å². The summed E-state index contributed by atoms with van der Waals surface area (Å²) in [5.41, 5.74) is 0.0800. The van der Waals surface area contributed by atoms with Gasteiger partial charge in [-0.25, -0.2) is 8.78 Å². The molecule has 0 saturated heterocycles. The van der Waals surface area contributed by atoms with Crippen LogP contribution in [0.5, 0.6) is 0 Å². The van der Waals surface area contributed by atoms with E-state index in [0.29, 0.717) is 0 Å². The van der Waals surface area contributed by atoms with E-state index >= 15 is 0 Å². The van der Waals surface area contributed by atoms with Crippen molar-refractivity contribution in [3.63, 3.8) is 0 Å². The molecule has 0 saturated carbocycles. The van der Waals surface area contributed by atoms with Gasteiger partial charge in [0.2, 0.25) is 0 Å². The summed E-state index contributed by atoms with van der Waals surface area (Å²) in [6.45, 7) is 1.42. The Morgan fingerprint density at radius 2 is 2.00 bits per heavy atom. The molecule has 0 fully saturated rings. The van der Waals surface area contributed by atoms with Crippen LogP contribution >= 0.6 is 15.9 Å². The van der Waals surface area contributed by atoms with E-state index in [1.165, 1.54) is 6.92 Å². The van der Waals surface area contributed by atoms with Gasteiger partial charge in [-0.15, -0.1) is 0 Å². The van der Waals surface area contributed by atoms with Crippen molar-refractivity contribution in [2.75, 3.05) is 0 Å². The minimum Gasteiger partial charge on any atom is -0.389 e. The third-order valence-electron chi connectivity index (χ3n) is 1.46. The third-order valence-corrected chi connectivity index (χ3v) is 2.12. The second kappa shape index (κ2) is 3.49. The van der Waals surface area contributed by atoms with Crippen molar-refractivity contribution in [2.45, 2.75) is 13.0 Å². The van der Waals surface area contributed by atoms with Crippen molar-refractivity contribution in [3.05, 3.63) is 33.8 Å². The number of benzene rings is 1. The second-order valence-corrected chi connectivity index (χ2v) is 3.31. The molecule has 1 rings (SSSR count). The van der Waals surface area contributed by atoms with Crippen molar-refractivity contribution < 1.29 is 13.9 Å². The summed E-state index contributed by atoms with van der Waals surface area (Å²) in [6.07, 6.45) is -0.944. The molecule has 0 aliphatic carbocycles. The number of aliphatic hydroxyl groups excluding tert-OH is 1. The fourth-order valence-corrected chi connectivity index (χ4v) is 1.69. The molecule has 1 unspecified atom stereocenters. The maximum absolute atomic E-state index is 12.9. The zero-order valence-electron chi connectivity index (χ0n) is 6.31. The van der Waals surface area contributed by atoms with Crippen molar-refractivity contribution in [3.8, 4) is 0 Å². The smallest absolute Gasteiger partial charge is 0.133 e. The molecular formula is C8H7BrF2O. The Balaban J connectivity index is 3.28. The lowest BCUT2D eigenvalue weighted by Crippen LogP contribution is -1.98. The molecule has 4 heteroatoms. The van der Waals surface area contributed by atoms with Crippen LogP contribution in [0.1, 0.15) is 18.6 Å². The molecule has 0 heterocycles.